The molecular formula is C14H24N4O. The van der Waals surface area contributed by atoms with Gasteiger partial charge in [-0.25, -0.2) is 4.98 Å². The number of aromatic nitrogens is 2. The molecule has 106 valence electrons. The van der Waals surface area contributed by atoms with Crippen molar-refractivity contribution in [3.05, 3.63) is 12.3 Å². The van der Waals surface area contributed by atoms with Gasteiger partial charge in [-0.05, 0) is 40.2 Å². The van der Waals surface area contributed by atoms with Crippen LogP contribution in [-0.4, -0.2) is 41.7 Å². The van der Waals surface area contributed by atoms with Gasteiger partial charge in [0.05, 0.1) is 6.61 Å². The number of nitrogens with zero attached hydrogens (tertiary/aromatic N) is 3. The van der Waals surface area contributed by atoms with Gasteiger partial charge in [0.1, 0.15) is 0 Å². The van der Waals surface area contributed by atoms with Crippen molar-refractivity contribution >= 4 is 5.95 Å². The average molecular weight is 264 g/mol. The Balaban J connectivity index is 2.10. The second-order valence-corrected chi connectivity index (χ2v) is 5.17. The smallest absolute Gasteiger partial charge is 0.228 e. The Bertz CT molecular complexity index is 391. The maximum atomic E-state index is 5.45. The molecule has 1 atom stereocenters. The topological polar surface area (TPSA) is 50.3 Å². The first-order valence-electron chi connectivity index (χ1n) is 7.16. The minimum Gasteiger partial charge on any atom is -0.478 e. The first-order valence-corrected chi connectivity index (χ1v) is 7.16. The molecule has 1 fully saturated rings. The highest BCUT2D eigenvalue weighted by Crippen LogP contribution is 2.17. The van der Waals surface area contributed by atoms with E-state index >= 15 is 0 Å². The third-order valence-electron chi connectivity index (χ3n) is 3.37. The number of rotatable bonds is 6. The van der Waals surface area contributed by atoms with E-state index in [1.54, 1.807) is 12.3 Å². The van der Waals surface area contributed by atoms with Crippen LogP contribution in [0.1, 0.15) is 33.6 Å². The number of nitrogens with one attached hydrogen (secondary N) is 1. The summed E-state index contributed by atoms with van der Waals surface area (Å²) < 4.78 is 5.45. The predicted octanol–water partition coefficient (Wildman–Crippen LogP) is 1.84. The Labute approximate surface area is 115 Å². The molecular weight excluding hydrogens is 240 g/mol. The molecule has 0 aromatic carbocycles. The minimum absolute atomic E-state index is 0.374. The zero-order valence-corrected chi connectivity index (χ0v) is 12.1. The van der Waals surface area contributed by atoms with Crippen molar-refractivity contribution in [1.29, 1.82) is 0 Å². The Hall–Kier alpha value is -1.36. The van der Waals surface area contributed by atoms with Crippen LogP contribution in [-0.2, 0) is 0 Å². The maximum absolute atomic E-state index is 5.45. The van der Waals surface area contributed by atoms with E-state index in [1.165, 1.54) is 12.8 Å². The van der Waals surface area contributed by atoms with Crippen LogP contribution in [0.25, 0.3) is 0 Å². The van der Waals surface area contributed by atoms with Gasteiger partial charge in [0.15, 0.2) is 0 Å². The summed E-state index contributed by atoms with van der Waals surface area (Å²) in [4.78, 5) is 11.1. The van der Waals surface area contributed by atoms with E-state index in [2.05, 4.69) is 34.0 Å². The fourth-order valence-electron chi connectivity index (χ4n) is 2.37. The van der Waals surface area contributed by atoms with Gasteiger partial charge in [0.2, 0.25) is 11.8 Å². The van der Waals surface area contributed by atoms with Crippen molar-refractivity contribution in [3.63, 3.8) is 0 Å². The van der Waals surface area contributed by atoms with Crippen LogP contribution >= 0.6 is 0 Å². The number of hydrogen-bond acceptors (Lipinski definition) is 5. The lowest BCUT2D eigenvalue weighted by Crippen LogP contribution is -2.42. The van der Waals surface area contributed by atoms with Gasteiger partial charge in [-0.2, -0.15) is 4.98 Å². The molecule has 1 aliphatic rings. The molecule has 0 saturated carbocycles. The molecule has 1 unspecified atom stereocenters. The summed E-state index contributed by atoms with van der Waals surface area (Å²) in [5, 5.41) is 3.52. The van der Waals surface area contributed by atoms with E-state index in [-0.39, 0.29) is 0 Å². The minimum atomic E-state index is 0.374. The van der Waals surface area contributed by atoms with E-state index in [0.717, 1.165) is 19.0 Å². The van der Waals surface area contributed by atoms with Crippen LogP contribution in [0.15, 0.2) is 12.3 Å². The van der Waals surface area contributed by atoms with Gasteiger partial charge < -0.3 is 15.0 Å². The zero-order chi connectivity index (χ0) is 13.7. The summed E-state index contributed by atoms with van der Waals surface area (Å²) in [7, 11) is 0. The number of anilines is 1. The Morgan fingerprint density at radius 3 is 3.00 bits per heavy atom. The lowest BCUT2D eigenvalue weighted by molar-refractivity contribution is 0.326. The summed E-state index contributed by atoms with van der Waals surface area (Å²) in [5.74, 6) is 1.41. The molecule has 0 spiro atoms. The molecule has 1 aliphatic heterocycles. The summed E-state index contributed by atoms with van der Waals surface area (Å²) >= 11 is 0. The lowest BCUT2D eigenvalue weighted by atomic mass is 10.2. The summed E-state index contributed by atoms with van der Waals surface area (Å²) in [6, 6.07) is 2.72. The molecule has 0 amide bonds. The van der Waals surface area contributed by atoms with Gasteiger partial charge in [-0.3, -0.25) is 0 Å². The van der Waals surface area contributed by atoms with Crippen LogP contribution in [0.5, 0.6) is 5.88 Å². The maximum Gasteiger partial charge on any atom is 0.228 e. The van der Waals surface area contributed by atoms with Crippen molar-refractivity contribution < 1.29 is 4.74 Å². The van der Waals surface area contributed by atoms with E-state index in [0.29, 0.717) is 24.6 Å². The molecule has 5 nitrogen and oxygen atoms in total. The highest BCUT2D eigenvalue weighted by Gasteiger charge is 2.21. The largest absolute Gasteiger partial charge is 0.478 e. The van der Waals surface area contributed by atoms with E-state index in [9.17, 15) is 0 Å². The Morgan fingerprint density at radius 1 is 1.53 bits per heavy atom. The summed E-state index contributed by atoms with van der Waals surface area (Å²) in [5.41, 5.74) is 0. The first kappa shape index (κ1) is 14.1. The highest BCUT2D eigenvalue weighted by molar-refractivity contribution is 5.33. The molecule has 2 rings (SSSR count). The van der Waals surface area contributed by atoms with Crippen molar-refractivity contribution in [2.75, 3.05) is 24.6 Å². The monoisotopic (exact) mass is 264 g/mol. The summed E-state index contributed by atoms with van der Waals surface area (Å²) in [6.07, 6.45) is 4.26. The Morgan fingerprint density at radius 2 is 2.37 bits per heavy atom. The van der Waals surface area contributed by atoms with Crippen LogP contribution in [0, 0.1) is 0 Å². The number of ether oxygens (including phenoxy) is 1. The van der Waals surface area contributed by atoms with Crippen molar-refractivity contribution in [3.8, 4) is 5.88 Å². The highest BCUT2D eigenvalue weighted by atomic mass is 16.5. The van der Waals surface area contributed by atoms with Crippen LogP contribution in [0.3, 0.4) is 0 Å². The molecule has 1 saturated heterocycles. The third kappa shape index (κ3) is 3.80. The van der Waals surface area contributed by atoms with E-state index < -0.39 is 0 Å². The quantitative estimate of drug-likeness (QED) is 0.849. The third-order valence-corrected chi connectivity index (χ3v) is 3.37. The van der Waals surface area contributed by atoms with E-state index in [4.69, 9.17) is 4.74 Å². The predicted molar refractivity (Wildman–Crippen MR) is 76.7 cm³/mol. The molecule has 1 aromatic heterocycles. The zero-order valence-electron chi connectivity index (χ0n) is 12.1. The van der Waals surface area contributed by atoms with E-state index in [1.807, 2.05) is 6.92 Å². The van der Waals surface area contributed by atoms with Gasteiger partial charge in [-0.1, -0.05) is 0 Å². The standard InChI is InChI=1S/C14H24N4O/c1-4-19-13-7-9-16-14(17-13)18(11(2)3)10-12-6-5-8-15-12/h7,9,11-12,15H,4-6,8,10H2,1-3H3. The summed E-state index contributed by atoms with van der Waals surface area (Å²) in [6.45, 7) is 9.01. The molecule has 0 radical (unpaired) electrons. The molecule has 5 heteroatoms. The van der Waals surface area contributed by atoms with Crippen molar-refractivity contribution in [2.24, 2.45) is 0 Å². The van der Waals surface area contributed by atoms with Crippen LogP contribution < -0.4 is 15.0 Å². The fourth-order valence-corrected chi connectivity index (χ4v) is 2.37. The first-order chi connectivity index (χ1) is 9.20. The normalized spacial score (nSPS) is 18.8. The number of hydrogen-bond donors (Lipinski definition) is 1. The Kier molecular flexibility index (Phi) is 4.96. The van der Waals surface area contributed by atoms with Gasteiger partial charge in [0.25, 0.3) is 0 Å². The van der Waals surface area contributed by atoms with Gasteiger partial charge in [-0.15, -0.1) is 0 Å². The molecule has 2 heterocycles. The SMILES string of the molecule is CCOc1ccnc(N(CC2CCCN2)C(C)C)n1. The fraction of sp³-hybridized carbons (Fsp3) is 0.714. The molecule has 1 N–H and O–H groups in total. The molecule has 19 heavy (non-hydrogen) atoms. The molecule has 0 bridgehead atoms. The van der Waals surface area contributed by atoms with Crippen molar-refractivity contribution in [2.45, 2.75) is 45.7 Å². The molecule has 1 aromatic rings. The second-order valence-electron chi connectivity index (χ2n) is 5.17. The van der Waals surface area contributed by atoms with Gasteiger partial charge in [0, 0.05) is 30.9 Å². The molecule has 0 aliphatic carbocycles. The lowest BCUT2D eigenvalue weighted by Gasteiger charge is -2.29. The van der Waals surface area contributed by atoms with Crippen LogP contribution in [0.2, 0.25) is 0 Å². The second kappa shape index (κ2) is 6.70. The average Bonchev–Trinajstić information content (AvgIpc) is 2.89. The van der Waals surface area contributed by atoms with Gasteiger partial charge >= 0.3 is 0 Å². The van der Waals surface area contributed by atoms with Crippen molar-refractivity contribution in [1.82, 2.24) is 15.3 Å². The van der Waals surface area contributed by atoms with Crippen LogP contribution in [0.4, 0.5) is 5.95 Å².